The van der Waals surface area contributed by atoms with Crippen LogP contribution in [0.1, 0.15) is 76.0 Å². The van der Waals surface area contributed by atoms with Gasteiger partial charge < -0.3 is 9.67 Å². The van der Waals surface area contributed by atoms with Crippen molar-refractivity contribution in [2.75, 3.05) is 0 Å². The van der Waals surface area contributed by atoms with Gasteiger partial charge in [0.2, 0.25) is 0 Å². The van der Waals surface area contributed by atoms with Crippen LogP contribution >= 0.6 is 0 Å². The lowest BCUT2D eigenvalue weighted by molar-refractivity contribution is 0.263. The summed E-state index contributed by atoms with van der Waals surface area (Å²) in [4.78, 5) is 0. The number of unbranched alkanes of at least 4 members (excludes halogenated alkanes) is 1. The molecular weight excluding hydrogens is 214 g/mol. The predicted octanol–water partition coefficient (Wildman–Crippen LogP) is 2.79. The van der Waals surface area contributed by atoms with Crippen molar-refractivity contribution in [3.8, 4) is 0 Å². The lowest BCUT2D eigenvalue weighted by Gasteiger charge is -2.16. The van der Waals surface area contributed by atoms with Crippen LogP contribution in [-0.4, -0.2) is 19.9 Å². The average molecular weight is 237 g/mol. The van der Waals surface area contributed by atoms with Gasteiger partial charge in [-0.3, -0.25) is 0 Å². The smallest absolute Gasteiger partial charge is 0.159 e. The van der Waals surface area contributed by atoms with E-state index in [2.05, 4.69) is 28.6 Å². The van der Waals surface area contributed by atoms with E-state index >= 15 is 0 Å². The molecule has 0 aliphatic heterocycles. The van der Waals surface area contributed by atoms with Crippen LogP contribution in [0.15, 0.2) is 0 Å². The van der Waals surface area contributed by atoms with Gasteiger partial charge in [-0.2, -0.15) is 0 Å². The third-order valence-electron chi connectivity index (χ3n) is 3.61. The maximum atomic E-state index is 9.32. The maximum Gasteiger partial charge on any atom is 0.159 e. The van der Waals surface area contributed by atoms with E-state index in [-0.39, 0.29) is 6.61 Å². The molecule has 1 unspecified atom stereocenters. The summed E-state index contributed by atoms with van der Waals surface area (Å²) in [7, 11) is 0. The van der Waals surface area contributed by atoms with Gasteiger partial charge in [-0.15, -0.1) is 10.2 Å². The van der Waals surface area contributed by atoms with Crippen LogP contribution in [0.4, 0.5) is 0 Å². The van der Waals surface area contributed by atoms with Gasteiger partial charge in [0, 0.05) is 12.0 Å². The summed E-state index contributed by atoms with van der Waals surface area (Å²) in [5.41, 5.74) is 0. The van der Waals surface area contributed by atoms with Gasteiger partial charge in [0.1, 0.15) is 12.4 Å². The highest BCUT2D eigenvalue weighted by atomic mass is 16.3. The van der Waals surface area contributed by atoms with E-state index in [4.69, 9.17) is 0 Å². The summed E-state index contributed by atoms with van der Waals surface area (Å²) in [6.07, 6.45) is 7.18. The zero-order chi connectivity index (χ0) is 12.3. The van der Waals surface area contributed by atoms with E-state index in [1.807, 2.05) is 0 Å². The van der Waals surface area contributed by atoms with Gasteiger partial charge >= 0.3 is 0 Å². The first-order valence-corrected chi connectivity index (χ1v) is 6.86. The zero-order valence-corrected chi connectivity index (χ0v) is 10.9. The Balaban J connectivity index is 2.20. The molecule has 1 saturated carbocycles. The molecule has 1 aliphatic carbocycles. The second-order valence-corrected chi connectivity index (χ2v) is 4.98. The van der Waals surface area contributed by atoms with E-state index in [1.54, 1.807) is 0 Å². The largest absolute Gasteiger partial charge is 0.388 e. The molecule has 1 fully saturated rings. The molecule has 0 amide bonds. The molecule has 17 heavy (non-hydrogen) atoms. The van der Waals surface area contributed by atoms with E-state index in [1.165, 1.54) is 32.1 Å². The highest BCUT2D eigenvalue weighted by molar-refractivity contribution is 5.06. The molecule has 1 N–H and O–H groups in total. The summed E-state index contributed by atoms with van der Waals surface area (Å²) in [5, 5.41) is 17.8. The molecule has 0 aromatic carbocycles. The lowest BCUT2D eigenvalue weighted by Crippen LogP contribution is -2.10. The number of hydrogen-bond donors (Lipinski definition) is 1. The van der Waals surface area contributed by atoms with Crippen molar-refractivity contribution in [3.05, 3.63) is 11.6 Å². The molecule has 4 nitrogen and oxygen atoms in total. The van der Waals surface area contributed by atoms with Gasteiger partial charge in [-0.25, -0.2) is 0 Å². The summed E-state index contributed by atoms with van der Waals surface area (Å²) < 4.78 is 2.20. The van der Waals surface area contributed by atoms with Gasteiger partial charge in [0.15, 0.2) is 5.82 Å². The van der Waals surface area contributed by atoms with Crippen molar-refractivity contribution < 1.29 is 5.11 Å². The van der Waals surface area contributed by atoms with E-state index in [0.29, 0.717) is 12.0 Å². The Morgan fingerprint density at radius 2 is 2.12 bits per heavy atom. The molecule has 0 spiro atoms. The van der Waals surface area contributed by atoms with Crippen LogP contribution in [-0.2, 0) is 6.61 Å². The minimum atomic E-state index is 0.00765. The van der Waals surface area contributed by atoms with Crippen molar-refractivity contribution in [1.82, 2.24) is 14.8 Å². The number of rotatable bonds is 7. The van der Waals surface area contributed by atoms with Crippen molar-refractivity contribution in [1.29, 1.82) is 0 Å². The van der Waals surface area contributed by atoms with Crippen LogP contribution < -0.4 is 0 Å². The van der Waals surface area contributed by atoms with E-state index < -0.39 is 0 Å². The molecule has 0 radical (unpaired) electrons. The molecule has 4 heteroatoms. The minimum absolute atomic E-state index is 0.00765. The van der Waals surface area contributed by atoms with Crippen molar-refractivity contribution in [2.24, 2.45) is 0 Å². The zero-order valence-electron chi connectivity index (χ0n) is 10.9. The Morgan fingerprint density at radius 3 is 2.65 bits per heavy atom. The molecular formula is C13H23N3O. The molecule has 2 rings (SSSR count). The molecule has 0 saturated heterocycles. The van der Waals surface area contributed by atoms with Crippen molar-refractivity contribution in [2.45, 2.75) is 70.9 Å². The highest BCUT2D eigenvalue weighted by Crippen LogP contribution is 2.39. The first-order chi connectivity index (χ1) is 8.31. The van der Waals surface area contributed by atoms with Gasteiger partial charge in [-0.1, -0.05) is 26.7 Å². The topological polar surface area (TPSA) is 50.9 Å². The van der Waals surface area contributed by atoms with Gasteiger partial charge in [0.25, 0.3) is 0 Å². The second-order valence-electron chi connectivity index (χ2n) is 4.98. The third kappa shape index (κ3) is 2.68. The number of aromatic nitrogens is 3. The first kappa shape index (κ1) is 12.6. The quantitative estimate of drug-likeness (QED) is 0.793. The summed E-state index contributed by atoms with van der Waals surface area (Å²) >= 11 is 0. The highest BCUT2D eigenvalue weighted by Gasteiger charge is 2.31. The Hall–Kier alpha value is -0.900. The molecule has 0 bridgehead atoms. The number of nitrogens with zero attached hydrogens (tertiary/aromatic N) is 3. The fraction of sp³-hybridized carbons (Fsp3) is 0.846. The number of aliphatic hydroxyl groups is 1. The fourth-order valence-corrected chi connectivity index (χ4v) is 2.42. The minimum Gasteiger partial charge on any atom is -0.388 e. The van der Waals surface area contributed by atoms with Gasteiger partial charge in [0.05, 0.1) is 0 Å². The van der Waals surface area contributed by atoms with Crippen molar-refractivity contribution in [3.63, 3.8) is 0 Å². The predicted molar refractivity (Wildman–Crippen MR) is 66.8 cm³/mol. The first-order valence-electron chi connectivity index (χ1n) is 6.86. The van der Waals surface area contributed by atoms with Crippen molar-refractivity contribution >= 4 is 0 Å². The van der Waals surface area contributed by atoms with Crippen LogP contribution in [0.2, 0.25) is 0 Å². The Morgan fingerprint density at radius 1 is 1.35 bits per heavy atom. The molecule has 1 atom stereocenters. The van der Waals surface area contributed by atoms with Crippen LogP contribution in [0, 0.1) is 0 Å². The van der Waals surface area contributed by atoms with Crippen LogP contribution in [0.25, 0.3) is 0 Å². The third-order valence-corrected chi connectivity index (χ3v) is 3.61. The van der Waals surface area contributed by atoms with Crippen LogP contribution in [0.3, 0.4) is 0 Å². The molecule has 1 heterocycles. The van der Waals surface area contributed by atoms with Crippen LogP contribution in [0.5, 0.6) is 0 Å². The Labute approximate surface area is 103 Å². The lowest BCUT2D eigenvalue weighted by atomic mass is 9.98. The second kappa shape index (κ2) is 5.63. The molecule has 1 aromatic heterocycles. The SMILES string of the molecule is CCCCC(CC)c1nnc(CO)n1C1CC1. The molecule has 96 valence electrons. The van der Waals surface area contributed by atoms with E-state index in [0.717, 1.165) is 18.1 Å². The summed E-state index contributed by atoms with van der Waals surface area (Å²) in [5.74, 6) is 2.35. The summed E-state index contributed by atoms with van der Waals surface area (Å²) in [6.45, 7) is 4.44. The van der Waals surface area contributed by atoms with Gasteiger partial charge in [-0.05, 0) is 25.7 Å². The molecule has 1 aliphatic rings. The fourth-order valence-electron chi connectivity index (χ4n) is 2.42. The Kier molecular flexibility index (Phi) is 4.15. The monoisotopic (exact) mass is 237 g/mol. The van der Waals surface area contributed by atoms with E-state index in [9.17, 15) is 5.11 Å². The normalized spacial score (nSPS) is 17.4. The summed E-state index contributed by atoms with van der Waals surface area (Å²) in [6, 6.07) is 0.554. The number of aliphatic hydroxyl groups excluding tert-OH is 1. The number of hydrogen-bond acceptors (Lipinski definition) is 3. The molecule has 1 aromatic rings. The average Bonchev–Trinajstić information content (AvgIpc) is 3.11. The Bertz CT molecular complexity index is 358. The maximum absolute atomic E-state index is 9.32. The standard InChI is InChI=1S/C13H23N3O/c1-3-5-6-10(4-2)13-15-14-12(9-17)16(13)11-7-8-11/h10-11,17H,3-9H2,1-2H3.